The number of rotatable bonds is 11. The van der Waals surface area contributed by atoms with Crippen LogP contribution in [0.15, 0.2) is 36.0 Å². The lowest BCUT2D eigenvalue weighted by Crippen LogP contribution is -2.22. The van der Waals surface area contributed by atoms with Crippen molar-refractivity contribution in [3.63, 3.8) is 0 Å². The fourth-order valence-corrected chi connectivity index (χ4v) is 2.82. The van der Waals surface area contributed by atoms with Crippen molar-refractivity contribution < 1.29 is 28.9 Å². The molecule has 1 atom stereocenters. The second kappa shape index (κ2) is 11.2. The van der Waals surface area contributed by atoms with E-state index in [9.17, 15) is 14.7 Å². The molecule has 32 heavy (non-hydrogen) atoms. The zero-order chi connectivity index (χ0) is 23.8. The number of nitrogens with zero attached hydrogens (tertiary/aromatic N) is 2. The fraction of sp³-hybridized carbons (Fsp3) is 0.435. The normalized spacial score (nSPS) is 12.4. The third kappa shape index (κ3) is 6.50. The van der Waals surface area contributed by atoms with E-state index in [1.807, 2.05) is 32.9 Å². The van der Waals surface area contributed by atoms with E-state index in [1.165, 1.54) is 0 Å². The third-order valence-electron chi connectivity index (χ3n) is 4.84. The van der Waals surface area contributed by atoms with Gasteiger partial charge in [0.2, 0.25) is 0 Å². The van der Waals surface area contributed by atoms with Crippen LogP contribution in [0.25, 0.3) is 0 Å². The predicted molar refractivity (Wildman–Crippen MR) is 120 cm³/mol. The van der Waals surface area contributed by atoms with Crippen molar-refractivity contribution in [3.05, 3.63) is 47.3 Å². The van der Waals surface area contributed by atoms with Crippen molar-refractivity contribution in [3.8, 4) is 11.5 Å². The fourth-order valence-electron chi connectivity index (χ4n) is 2.82. The Kier molecular flexibility index (Phi) is 8.69. The SMILES string of the molecule is CCC(C)OC(=O)C(=CC(=O)O)Nc1cc(C(C)C)nn1Cc1ccc(OC)cc1OC. The number of benzene rings is 1. The average molecular weight is 446 g/mol. The van der Waals surface area contributed by atoms with E-state index in [0.29, 0.717) is 30.3 Å². The lowest BCUT2D eigenvalue weighted by atomic mass is 10.1. The van der Waals surface area contributed by atoms with Crippen LogP contribution >= 0.6 is 0 Å². The number of aromatic nitrogens is 2. The molecule has 0 spiro atoms. The van der Waals surface area contributed by atoms with Gasteiger partial charge in [0.1, 0.15) is 23.0 Å². The Morgan fingerprint density at radius 2 is 1.91 bits per heavy atom. The molecule has 1 aromatic heterocycles. The number of methoxy groups -OCH3 is 2. The summed E-state index contributed by atoms with van der Waals surface area (Å²) in [6, 6.07) is 7.24. The van der Waals surface area contributed by atoms with Gasteiger partial charge in [-0.05, 0) is 31.4 Å². The molecular weight excluding hydrogens is 414 g/mol. The van der Waals surface area contributed by atoms with Crippen molar-refractivity contribution in [2.75, 3.05) is 19.5 Å². The molecule has 0 aliphatic carbocycles. The van der Waals surface area contributed by atoms with Crippen molar-refractivity contribution in [1.82, 2.24) is 9.78 Å². The number of carbonyl (C=O) groups excluding carboxylic acids is 1. The van der Waals surface area contributed by atoms with E-state index in [-0.39, 0.29) is 17.7 Å². The molecule has 1 unspecified atom stereocenters. The van der Waals surface area contributed by atoms with Crippen molar-refractivity contribution in [1.29, 1.82) is 0 Å². The number of nitrogens with one attached hydrogen (secondary N) is 1. The molecule has 0 aliphatic rings. The largest absolute Gasteiger partial charge is 0.497 e. The molecule has 174 valence electrons. The van der Waals surface area contributed by atoms with Gasteiger partial charge in [0.15, 0.2) is 0 Å². The Morgan fingerprint density at radius 3 is 2.47 bits per heavy atom. The summed E-state index contributed by atoms with van der Waals surface area (Å²) in [7, 11) is 3.15. The molecule has 0 saturated carbocycles. The van der Waals surface area contributed by atoms with Crippen LogP contribution in [0, 0.1) is 0 Å². The Bertz CT molecular complexity index is 980. The highest BCUT2D eigenvalue weighted by molar-refractivity contribution is 5.98. The molecule has 0 amide bonds. The van der Waals surface area contributed by atoms with Crippen LogP contribution in [0.5, 0.6) is 11.5 Å². The van der Waals surface area contributed by atoms with Gasteiger partial charge in [-0.2, -0.15) is 5.10 Å². The topological polar surface area (TPSA) is 112 Å². The summed E-state index contributed by atoms with van der Waals surface area (Å²) in [5.74, 6) is -0.155. The van der Waals surface area contributed by atoms with Crippen LogP contribution < -0.4 is 14.8 Å². The first kappa shape index (κ1) is 24.8. The number of hydrogen-bond donors (Lipinski definition) is 2. The lowest BCUT2D eigenvalue weighted by Gasteiger charge is -2.16. The van der Waals surface area contributed by atoms with Crippen LogP contribution in [-0.2, 0) is 20.9 Å². The van der Waals surface area contributed by atoms with Gasteiger partial charge in [-0.1, -0.05) is 20.8 Å². The second-order valence-corrected chi connectivity index (χ2v) is 7.59. The molecule has 0 bridgehead atoms. The Labute approximate surface area is 188 Å². The van der Waals surface area contributed by atoms with E-state index >= 15 is 0 Å². The maximum atomic E-state index is 12.6. The van der Waals surface area contributed by atoms with E-state index in [0.717, 1.165) is 17.3 Å². The minimum atomic E-state index is -1.26. The van der Waals surface area contributed by atoms with Gasteiger partial charge in [-0.25, -0.2) is 14.3 Å². The molecule has 9 heteroatoms. The second-order valence-electron chi connectivity index (χ2n) is 7.59. The first-order valence-electron chi connectivity index (χ1n) is 10.4. The van der Waals surface area contributed by atoms with Gasteiger partial charge in [-0.3, -0.25) is 0 Å². The Hall–Kier alpha value is -3.49. The number of anilines is 1. The number of carboxylic acid groups (broad SMARTS) is 1. The summed E-state index contributed by atoms with van der Waals surface area (Å²) < 4.78 is 17.7. The van der Waals surface area contributed by atoms with E-state index in [1.54, 1.807) is 38.0 Å². The summed E-state index contributed by atoms with van der Waals surface area (Å²) in [6.07, 6.45) is 1.06. The molecular formula is C23H31N3O6. The standard InChI is InChI=1S/C23H31N3O6/c1-7-15(4)32-23(29)19(12-22(27)28)24-21-11-18(14(2)3)25-26(21)13-16-8-9-17(30-5)10-20(16)31-6/h8-12,14-15,24H,7,13H2,1-6H3,(H,27,28). The maximum Gasteiger partial charge on any atom is 0.355 e. The van der Waals surface area contributed by atoms with Gasteiger partial charge >= 0.3 is 11.9 Å². The molecule has 9 nitrogen and oxygen atoms in total. The molecule has 2 N–H and O–H groups in total. The number of esters is 1. The van der Waals surface area contributed by atoms with Gasteiger partial charge in [0, 0.05) is 17.7 Å². The Balaban J connectivity index is 2.43. The monoisotopic (exact) mass is 445 g/mol. The van der Waals surface area contributed by atoms with Crippen LogP contribution in [0.1, 0.15) is 51.3 Å². The quantitative estimate of drug-likeness (QED) is 0.397. The van der Waals surface area contributed by atoms with Crippen molar-refractivity contribution in [2.45, 2.75) is 52.7 Å². The van der Waals surface area contributed by atoms with Crippen LogP contribution in [0.3, 0.4) is 0 Å². The summed E-state index contributed by atoms with van der Waals surface area (Å²) in [5, 5.41) is 16.8. The van der Waals surface area contributed by atoms with Gasteiger partial charge in [0.25, 0.3) is 0 Å². The minimum absolute atomic E-state index is 0.119. The Morgan fingerprint density at radius 1 is 1.19 bits per heavy atom. The highest BCUT2D eigenvalue weighted by atomic mass is 16.5. The predicted octanol–water partition coefficient (Wildman–Crippen LogP) is 3.79. The molecule has 0 fully saturated rings. The molecule has 1 heterocycles. The van der Waals surface area contributed by atoms with Crippen molar-refractivity contribution in [2.24, 2.45) is 0 Å². The number of ether oxygens (including phenoxy) is 3. The van der Waals surface area contributed by atoms with Crippen molar-refractivity contribution >= 4 is 17.8 Å². The third-order valence-corrected chi connectivity index (χ3v) is 4.84. The lowest BCUT2D eigenvalue weighted by molar-refractivity contribution is -0.144. The van der Waals surface area contributed by atoms with Crippen LogP contribution in [-0.4, -0.2) is 47.1 Å². The molecule has 0 saturated heterocycles. The molecule has 0 radical (unpaired) electrons. The summed E-state index contributed by atoms with van der Waals surface area (Å²) in [6.45, 7) is 7.93. The number of carboxylic acids is 1. The summed E-state index contributed by atoms with van der Waals surface area (Å²) in [4.78, 5) is 23.9. The van der Waals surface area contributed by atoms with Gasteiger partial charge in [0.05, 0.1) is 38.6 Å². The summed E-state index contributed by atoms with van der Waals surface area (Å²) >= 11 is 0. The minimum Gasteiger partial charge on any atom is -0.497 e. The van der Waals surface area contributed by atoms with E-state index in [4.69, 9.17) is 14.2 Å². The van der Waals surface area contributed by atoms with Crippen LogP contribution in [0.2, 0.25) is 0 Å². The zero-order valence-corrected chi connectivity index (χ0v) is 19.3. The zero-order valence-electron chi connectivity index (χ0n) is 19.3. The van der Waals surface area contributed by atoms with Crippen LogP contribution in [0.4, 0.5) is 5.82 Å². The first-order chi connectivity index (χ1) is 15.2. The smallest absolute Gasteiger partial charge is 0.355 e. The summed E-state index contributed by atoms with van der Waals surface area (Å²) in [5.41, 5.74) is 1.43. The van der Waals surface area contributed by atoms with E-state index < -0.39 is 11.9 Å². The average Bonchev–Trinajstić information content (AvgIpc) is 3.15. The molecule has 0 aliphatic heterocycles. The number of carbonyl (C=O) groups is 2. The van der Waals surface area contributed by atoms with Gasteiger partial charge in [-0.15, -0.1) is 0 Å². The molecule has 2 rings (SSSR count). The molecule has 1 aromatic carbocycles. The number of hydrogen-bond acceptors (Lipinski definition) is 7. The highest BCUT2D eigenvalue weighted by Gasteiger charge is 2.20. The maximum absolute atomic E-state index is 12.6. The number of aliphatic carboxylic acids is 1. The van der Waals surface area contributed by atoms with E-state index in [2.05, 4.69) is 10.4 Å². The van der Waals surface area contributed by atoms with Gasteiger partial charge < -0.3 is 24.6 Å². The molecule has 2 aromatic rings. The highest BCUT2D eigenvalue weighted by Crippen LogP contribution is 2.27. The first-order valence-corrected chi connectivity index (χ1v) is 10.4.